The summed E-state index contributed by atoms with van der Waals surface area (Å²) in [6, 6.07) is 5.29. The maximum Gasteiger partial charge on any atom is 0.254 e. The van der Waals surface area contributed by atoms with Crippen molar-refractivity contribution in [2.75, 3.05) is 25.4 Å². The van der Waals surface area contributed by atoms with Crippen molar-refractivity contribution >= 4 is 11.6 Å². The van der Waals surface area contributed by atoms with E-state index in [1.165, 1.54) is 19.3 Å². The molecule has 20 heavy (non-hydrogen) atoms. The van der Waals surface area contributed by atoms with Gasteiger partial charge in [-0.25, -0.2) is 0 Å². The molecule has 110 valence electrons. The fourth-order valence-electron chi connectivity index (χ4n) is 2.63. The van der Waals surface area contributed by atoms with Crippen LogP contribution in [-0.2, 0) is 0 Å². The van der Waals surface area contributed by atoms with Gasteiger partial charge < -0.3 is 15.4 Å². The van der Waals surface area contributed by atoms with E-state index in [1.807, 2.05) is 11.8 Å². The Balaban J connectivity index is 2.14. The summed E-state index contributed by atoms with van der Waals surface area (Å²) in [7, 11) is 0. The third-order valence-electron chi connectivity index (χ3n) is 3.63. The maximum atomic E-state index is 12.6. The fourth-order valence-corrected chi connectivity index (χ4v) is 2.63. The predicted octanol–water partition coefficient (Wildman–Crippen LogP) is 3.07. The molecular formula is C16H24N2O2. The van der Waals surface area contributed by atoms with Crippen LogP contribution in [-0.4, -0.2) is 30.5 Å². The molecule has 0 saturated carbocycles. The summed E-state index contributed by atoms with van der Waals surface area (Å²) in [5.74, 6) is 0.739. The summed E-state index contributed by atoms with van der Waals surface area (Å²) >= 11 is 0. The van der Waals surface area contributed by atoms with E-state index in [9.17, 15) is 4.79 Å². The van der Waals surface area contributed by atoms with Crippen LogP contribution in [0, 0.1) is 0 Å². The van der Waals surface area contributed by atoms with Gasteiger partial charge in [0.05, 0.1) is 6.61 Å². The quantitative estimate of drug-likeness (QED) is 0.863. The van der Waals surface area contributed by atoms with Gasteiger partial charge in [0.2, 0.25) is 0 Å². The summed E-state index contributed by atoms with van der Waals surface area (Å²) in [5.41, 5.74) is 7.07. The number of anilines is 1. The average Bonchev–Trinajstić information content (AvgIpc) is 2.37. The first-order chi connectivity index (χ1) is 9.70. The Morgan fingerprint density at radius 2 is 1.80 bits per heavy atom. The lowest BCUT2D eigenvalue weighted by Crippen LogP contribution is -2.33. The molecule has 2 rings (SSSR count). The number of nitrogens with two attached hydrogens (primary N) is 1. The number of amides is 1. The van der Waals surface area contributed by atoms with Crippen LogP contribution >= 0.6 is 0 Å². The first kappa shape index (κ1) is 14.7. The van der Waals surface area contributed by atoms with Gasteiger partial charge in [0.1, 0.15) is 5.75 Å². The summed E-state index contributed by atoms with van der Waals surface area (Å²) in [5, 5.41) is 0. The Kier molecular flexibility index (Phi) is 5.27. The second-order valence-electron chi connectivity index (χ2n) is 5.28. The summed E-state index contributed by atoms with van der Waals surface area (Å²) in [6.07, 6.45) is 5.89. The molecule has 1 heterocycles. The summed E-state index contributed by atoms with van der Waals surface area (Å²) in [4.78, 5) is 14.5. The van der Waals surface area contributed by atoms with Crippen molar-refractivity contribution in [1.82, 2.24) is 4.90 Å². The molecule has 0 bridgehead atoms. The van der Waals surface area contributed by atoms with Crippen LogP contribution < -0.4 is 10.5 Å². The number of ether oxygens (including phenoxy) is 1. The third-order valence-corrected chi connectivity index (χ3v) is 3.63. The predicted molar refractivity (Wildman–Crippen MR) is 81.0 cm³/mol. The van der Waals surface area contributed by atoms with E-state index >= 15 is 0 Å². The van der Waals surface area contributed by atoms with Gasteiger partial charge in [-0.15, -0.1) is 0 Å². The number of nitrogen functional groups attached to an aromatic ring is 1. The van der Waals surface area contributed by atoms with E-state index < -0.39 is 0 Å². The monoisotopic (exact) mass is 276 g/mol. The van der Waals surface area contributed by atoms with Gasteiger partial charge in [0, 0.05) is 30.4 Å². The number of hydrogen-bond acceptors (Lipinski definition) is 3. The van der Waals surface area contributed by atoms with Crippen LogP contribution in [0.2, 0.25) is 0 Å². The maximum absolute atomic E-state index is 12.6. The number of carbonyl (C=O) groups is 1. The van der Waals surface area contributed by atoms with E-state index in [0.717, 1.165) is 25.9 Å². The van der Waals surface area contributed by atoms with Crippen LogP contribution in [0.15, 0.2) is 18.2 Å². The molecule has 1 aliphatic heterocycles. The number of likely N-dealkylation sites (tertiary alicyclic amines) is 1. The van der Waals surface area contributed by atoms with Gasteiger partial charge >= 0.3 is 0 Å². The van der Waals surface area contributed by atoms with Crippen molar-refractivity contribution in [3.63, 3.8) is 0 Å². The number of benzene rings is 1. The van der Waals surface area contributed by atoms with Crippen LogP contribution in [0.4, 0.5) is 5.69 Å². The van der Waals surface area contributed by atoms with E-state index in [0.29, 0.717) is 23.6 Å². The molecule has 0 unspecified atom stereocenters. The molecule has 1 aromatic rings. The second kappa shape index (κ2) is 7.17. The first-order valence-electron chi connectivity index (χ1n) is 7.53. The molecule has 1 saturated heterocycles. The molecular weight excluding hydrogens is 252 g/mol. The first-order valence-corrected chi connectivity index (χ1v) is 7.53. The summed E-state index contributed by atoms with van der Waals surface area (Å²) < 4.78 is 5.46. The zero-order valence-corrected chi connectivity index (χ0v) is 12.2. The molecule has 1 aromatic carbocycles. The lowest BCUT2D eigenvalue weighted by atomic mass is 10.1. The number of carbonyl (C=O) groups excluding carboxylic acids is 1. The van der Waals surface area contributed by atoms with Crippen LogP contribution in [0.5, 0.6) is 5.75 Å². The van der Waals surface area contributed by atoms with Gasteiger partial charge in [-0.1, -0.05) is 19.3 Å². The van der Waals surface area contributed by atoms with Crippen LogP contribution in [0.3, 0.4) is 0 Å². The minimum Gasteiger partial charge on any atom is -0.494 e. The van der Waals surface area contributed by atoms with Crippen LogP contribution in [0.1, 0.15) is 49.4 Å². The highest BCUT2D eigenvalue weighted by Gasteiger charge is 2.17. The largest absolute Gasteiger partial charge is 0.494 e. The Bertz CT molecular complexity index is 452. The van der Waals surface area contributed by atoms with Crippen molar-refractivity contribution in [3.8, 4) is 5.75 Å². The van der Waals surface area contributed by atoms with Crippen LogP contribution in [0.25, 0.3) is 0 Å². The smallest absolute Gasteiger partial charge is 0.254 e. The highest BCUT2D eigenvalue weighted by Crippen LogP contribution is 2.21. The fraction of sp³-hybridized carbons (Fsp3) is 0.562. The Morgan fingerprint density at radius 1 is 1.15 bits per heavy atom. The lowest BCUT2D eigenvalue weighted by Gasteiger charge is -2.25. The molecule has 0 aromatic heterocycles. The Labute approximate surface area is 120 Å². The summed E-state index contributed by atoms with van der Waals surface area (Å²) in [6.45, 7) is 4.18. The zero-order chi connectivity index (χ0) is 14.4. The molecule has 0 atom stereocenters. The minimum atomic E-state index is 0.0696. The molecule has 0 radical (unpaired) electrons. The second-order valence-corrected chi connectivity index (χ2v) is 5.28. The normalized spacial score (nSPS) is 16.4. The number of rotatable bonds is 3. The molecule has 4 heteroatoms. The number of hydrogen-bond donors (Lipinski definition) is 1. The molecule has 2 N–H and O–H groups in total. The zero-order valence-electron chi connectivity index (χ0n) is 12.2. The van der Waals surface area contributed by atoms with Crippen molar-refractivity contribution in [1.29, 1.82) is 0 Å². The topological polar surface area (TPSA) is 55.6 Å². The van der Waals surface area contributed by atoms with Gasteiger partial charge in [-0.3, -0.25) is 4.79 Å². The standard InChI is InChI=1S/C16H24N2O2/c1-2-20-15-11-13(10-14(17)12-15)16(19)18-8-6-4-3-5-7-9-18/h10-12H,2-9,17H2,1H3. The van der Waals surface area contributed by atoms with Gasteiger partial charge in [-0.05, 0) is 31.9 Å². The van der Waals surface area contributed by atoms with E-state index in [-0.39, 0.29) is 5.91 Å². The number of nitrogens with zero attached hydrogens (tertiary/aromatic N) is 1. The molecule has 1 fully saturated rings. The van der Waals surface area contributed by atoms with E-state index in [2.05, 4.69) is 0 Å². The van der Waals surface area contributed by atoms with Crippen molar-refractivity contribution in [2.45, 2.75) is 39.0 Å². The van der Waals surface area contributed by atoms with E-state index in [4.69, 9.17) is 10.5 Å². The molecule has 0 aliphatic carbocycles. The minimum absolute atomic E-state index is 0.0696. The molecule has 1 aliphatic rings. The van der Waals surface area contributed by atoms with Gasteiger partial charge in [0.15, 0.2) is 0 Å². The third kappa shape index (κ3) is 3.89. The highest BCUT2D eigenvalue weighted by atomic mass is 16.5. The highest BCUT2D eigenvalue weighted by molar-refractivity contribution is 5.95. The molecule has 1 amide bonds. The molecule has 4 nitrogen and oxygen atoms in total. The Morgan fingerprint density at radius 3 is 2.45 bits per heavy atom. The van der Waals surface area contributed by atoms with Crippen molar-refractivity contribution < 1.29 is 9.53 Å². The Hall–Kier alpha value is -1.71. The molecule has 0 spiro atoms. The van der Waals surface area contributed by atoms with Crippen molar-refractivity contribution in [2.24, 2.45) is 0 Å². The van der Waals surface area contributed by atoms with Gasteiger partial charge in [-0.2, -0.15) is 0 Å². The van der Waals surface area contributed by atoms with Crippen molar-refractivity contribution in [3.05, 3.63) is 23.8 Å². The lowest BCUT2D eigenvalue weighted by molar-refractivity contribution is 0.0742. The SMILES string of the molecule is CCOc1cc(N)cc(C(=O)N2CCCCCCC2)c1. The average molecular weight is 276 g/mol. The van der Waals surface area contributed by atoms with Gasteiger partial charge in [0.25, 0.3) is 5.91 Å². The van der Waals surface area contributed by atoms with E-state index in [1.54, 1.807) is 18.2 Å².